The zero-order chi connectivity index (χ0) is 12.9. The Hall–Kier alpha value is -0.0800. The summed E-state index contributed by atoms with van der Waals surface area (Å²) in [7, 11) is 0. The third-order valence-electron chi connectivity index (χ3n) is 4.02. The third-order valence-corrected chi connectivity index (χ3v) is 4.02. The number of rotatable bonds is 9. The average molecular weight is 240 g/mol. The van der Waals surface area contributed by atoms with Crippen LogP contribution in [0.5, 0.6) is 0 Å². The molecule has 0 spiro atoms. The highest BCUT2D eigenvalue weighted by molar-refractivity contribution is 4.79. The molecular formula is C15H32N2. The minimum Gasteiger partial charge on any atom is -0.330 e. The normalized spacial score (nSPS) is 17.1. The van der Waals surface area contributed by atoms with Crippen LogP contribution in [0.15, 0.2) is 0 Å². The molecule has 1 fully saturated rings. The van der Waals surface area contributed by atoms with Crippen molar-refractivity contribution in [2.24, 2.45) is 17.1 Å². The molecule has 2 heteroatoms. The zero-order valence-corrected chi connectivity index (χ0v) is 12.3. The molecule has 1 rings (SSSR count). The third kappa shape index (κ3) is 6.42. The van der Waals surface area contributed by atoms with Gasteiger partial charge in [0.15, 0.2) is 0 Å². The van der Waals surface area contributed by atoms with Crippen LogP contribution in [0.3, 0.4) is 0 Å². The van der Waals surface area contributed by atoms with Crippen LogP contribution >= 0.6 is 0 Å². The fourth-order valence-electron chi connectivity index (χ4n) is 2.21. The topological polar surface area (TPSA) is 29.3 Å². The lowest BCUT2D eigenvalue weighted by molar-refractivity contribution is 0.203. The highest BCUT2D eigenvalue weighted by Gasteiger charge is 2.25. The van der Waals surface area contributed by atoms with Crippen molar-refractivity contribution in [2.75, 3.05) is 19.6 Å². The van der Waals surface area contributed by atoms with Gasteiger partial charge in [0.25, 0.3) is 0 Å². The number of nitrogens with zero attached hydrogens (tertiary/aromatic N) is 1. The van der Waals surface area contributed by atoms with E-state index in [0.29, 0.717) is 11.5 Å². The summed E-state index contributed by atoms with van der Waals surface area (Å²) in [6.07, 6.45) is 6.83. The van der Waals surface area contributed by atoms with Gasteiger partial charge in [-0.15, -0.1) is 0 Å². The summed E-state index contributed by atoms with van der Waals surface area (Å²) >= 11 is 0. The fraction of sp³-hybridized carbons (Fsp3) is 1.00. The van der Waals surface area contributed by atoms with Crippen LogP contribution in [-0.4, -0.2) is 30.6 Å². The molecule has 1 aliphatic rings. The highest BCUT2D eigenvalue weighted by atomic mass is 15.1. The SMILES string of the molecule is CC(C)N(CCCCC(C)(C)CN)CC1CC1. The van der Waals surface area contributed by atoms with Crippen molar-refractivity contribution < 1.29 is 0 Å². The molecule has 1 aliphatic carbocycles. The van der Waals surface area contributed by atoms with Crippen LogP contribution in [0.4, 0.5) is 0 Å². The van der Waals surface area contributed by atoms with Crippen LogP contribution in [0.1, 0.15) is 59.8 Å². The van der Waals surface area contributed by atoms with Crippen LogP contribution in [0.2, 0.25) is 0 Å². The second-order valence-corrected chi connectivity index (χ2v) is 6.86. The fourth-order valence-corrected chi connectivity index (χ4v) is 2.21. The maximum Gasteiger partial charge on any atom is 0.00387 e. The quantitative estimate of drug-likeness (QED) is 0.627. The van der Waals surface area contributed by atoms with Gasteiger partial charge in [0.2, 0.25) is 0 Å². The molecular weight excluding hydrogens is 208 g/mol. The molecule has 1 saturated carbocycles. The summed E-state index contributed by atoms with van der Waals surface area (Å²) < 4.78 is 0. The molecule has 102 valence electrons. The van der Waals surface area contributed by atoms with Gasteiger partial charge in [-0.1, -0.05) is 20.3 Å². The van der Waals surface area contributed by atoms with Crippen molar-refractivity contribution >= 4 is 0 Å². The molecule has 0 bridgehead atoms. The molecule has 0 amide bonds. The van der Waals surface area contributed by atoms with E-state index in [1.807, 2.05) is 0 Å². The van der Waals surface area contributed by atoms with Gasteiger partial charge in [0.1, 0.15) is 0 Å². The first-order valence-electron chi connectivity index (χ1n) is 7.39. The summed E-state index contributed by atoms with van der Waals surface area (Å²) in [6, 6.07) is 0.707. The molecule has 0 unspecified atom stereocenters. The molecule has 0 heterocycles. The van der Waals surface area contributed by atoms with E-state index in [0.717, 1.165) is 12.5 Å². The summed E-state index contributed by atoms with van der Waals surface area (Å²) in [4.78, 5) is 2.66. The molecule has 0 aliphatic heterocycles. The first-order valence-corrected chi connectivity index (χ1v) is 7.39. The van der Waals surface area contributed by atoms with E-state index in [9.17, 15) is 0 Å². The minimum absolute atomic E-state index is 0.332. The van der Waals surface area contributed by atoms with Crippen molar-refractivity contribution in [1.82, 2.24) is 4.90 Å². The number of hydrogen-bond donors (Lipinski definition) is 1. The van der Waals surface area contributed by atoms with E-state index >= 15 is 0 Å². The molecule has 0 aromatic heterocycles. The van der Waals surface area contributed by atoms with Crippen LogP contribution in [-0.2, 0) is 0 Å². The predicted octanol–water partition coefficient (Wildman–Crippen LogP) is 3.26. The summed E-state index contributed by atoms with van der Waals surface area (Å²) in [6.45, 7) is 12.6. The van der Waals surface area contributed by atoms with Gasteiger partial charge in [0, 0.05) is 12.6 Å². The second kappa shape index (κ2) is 6.75. The Kier molecular flexibility index (Phi) is 5.94. The Morgan fingerprint density at radius 2 is 1.88 bits per heavy atom. The molecule has 2 N–H and O–H groups in total. The molecule has 0 aromatic carbocycles. The Balaban J connectivity index is 2.13. The van der Waals surface area contributed by atoms with Gasteiger partial charge < -0.3 is 10.6 Å². The van der Waals surface area contributed by atoms with Crippen molar-refractivity contribution in [3.8, 4) is 0 Å². The maximum atomic E-state index is 5.76. The van der Waals surface area contributed by atoms with E-state index in [4.69, 9.17) is 5.73 Å². The van der Waals surface area contributed by atoms with E-state index in [1.54, 1.807) is 0 Å². The van der Waals surface area contributed by atoms with Gasteiger partial charge >= 0.3 is 0 Å². The monoisotopic (exact) mass is 240 g/mol. The average Bonchev–Trinajstić information content (AvgIpc) is 3.06. The second-order valence-electron chi connectivity index (χ2n) is 6.86. The Morgan fingerprint density at radius 1 is 1.24 bits per heavy atom. The van der Waals surface area contributed by atoms with E-state index in [1.165, 1.54) is 45.2 Å². The Bertz CT molecular complexity index is 207. The number of nitrogens with two attached hydrogens (primary N) is 1. The lowest BCUT2D eigenvalue weighted by atomic mass is 9.87. The molecule has 0 saturated heterocycles. The zero-order valence-electron chi connectivity index (χ0n) is 12.3. The molecule has 0 radical (unpaired) electrons. The van der Waals surface area contributed by atoms with E-state index in [-0.39, 0.29) is 0 Å². The van der Waals surface area contributed by atoms with Crippen LogP contribution in [0, 0.1) is 11.3 Å². The number of hydrogen-bond acceptors (Lipinski definition) is 2. The lowest BCUT2D eigenvalue weighted by Gasteiger charge is -2.27. The first-order chi connectivity index (χ1) is 7.94. The molecule has 17 heavy (non-hydrogen) atoms. The van der Waals surface area contributed by atoms with Crippen molar-refractivity contribution in [2.45, 2.75) is 65.8 Å². The largest absolute Gasteiger partial charge is 0.330 e. The van der Waals surface area contributed by atoms with Crippen molar-refractivity contribution in [3.63, 3.8) is 0 Å². The van der Waals surface area contributed by atoms with Gasteiger partial charge in [-0.2, -0.15) is 0 Å². The van der Waals surface area contributed by atoms with Gasteiger partial charge in [-0.25, -0.2) is 0 Å². The lowest BCUT2D eigenvalue weighted by Crippen LogP contribution is -2.34. The molecule has 2 nitrogen and oxygen atoms in total. The number of unbranched alkanes of at least 4 members (excludes halogenated alkanes) is 1. The summed E-state index contributed by atoms with van der Waals surface area (Å²) in [5.74, 6) is 1.01. The summed E-state index contributed by atoms with van der Waals surface area (Å²) in [5, 5.41) is 0. The predicted molar refractivity (Wildman–Crippen MR) is 76.1 cm³/mol. The highest BCUT2D eigenvalue weighted by Crippen LogP contribution is 2.30. The van der Waals surface area contributed by atoms with Gasteiger partial charge in [-0.3, -0.25) is 0 Å². The van der Waals surface area contributed by atoms with Crippen molar-refractivity contribution in [3.05, 3.63) is 0 Å². The van der Waals surface area contributed by atoms with Crippen molar-refractivity contribution in [1.29, 1.82) is 0 Å². The standard InChI is InChI=1S/C15H32N2/c1-13(2)17(11-14-7-8-14)10-6-5-9-15(3,4)12-16/h13-14H,5-12,16H2,1-4H3. The summed E-state index contributed by atoms with van der Waals surface area (Å²) in [5.41, 5.74) is 6.09. The minimum atomic E-state index is 0.332. The van der Waals surface area contributed by atoms with E-state index < -0.39 is 0 Å². The van der Waals surface area contributed by atoms with E-state index in [2.05, 4.69) is 32.6 Å². The Morgan fingerprint density at radius 3 is 2.35 bits per heavy atom. The van der Waals surface area contributed by atoms with Crippen LogP contribution < -0.4 is 5.73 Å². The van der Waals surface area contributed by atoms with Crippen LogP contribution in [0.25, 0.3) is 0 Å². The first kappa shape index (κ1) is 15.0. The maximum absolute atomic E-state index is 5.76. The molecule has 0 atom stereocenters. The Labute approximate surface area is 108 Å². The molecule has 0 aromatic rings. The van der Waals surface area contributed by atoms with Gasteiger partial charge in [-0.05, 0) is 64.0 Å². The smallest absolute Gasteiger partial charge is 0.00387 e. The van der Waals surface area contributed by atoms with Gasteiger partial charge in [0.05, 0.1) is 0 Å².